The summed E-state index contributed by atoms with van der Waals surface area (Å²) in [5.74, 6) is 0.840. The molecule has 2 rings (SSSR count). The molecular formula is C15H21BrN4. The molecular weight excluding hydrogens is 316 g/mol. The summed E-state index contributed by atoms with van der Waals surface area (Å²) in [4.78, 5) is 6.61. The average Bonchev–Trinajstić information content (AvgIpc) is 2.92. The molecule has 1 saturated heterocycles. The molecule has 108 valence electrons. The third-order valence-corrected chi connectivity index (χ3v) is 3.89. The number of nitrogens with one attached hydrogen (secondary N) is 2. The average molecular weight is 337 g/mol. The topological polar surface area (TPSA) is 39.7 Å². The molecule has 0 saturated carbocycles. The molecule has 1 aliphatic heterocycles. The minimum Gasteiger partial charge on any atom is -0.369 e. The normalized spacial score (nSPS) is 19.0. The number of nitrogens with zero attached hydrogens (tertiary/aromatic N) is 2. The molecule has 1 aliphatic rings. The van der Waals surface area contributed by atoms with Crippen LogP contribution in [0.15, 0.2) is 46.4 Å². The van der Waals surface area contributed by atoms with E-state index < -0.39 is 0 Å². The Hall–Kier alpha value is -1.49. The van der Waals surface area contributed by atoms with Crippen LogP contribution in [0.1, 0.15) is 6.42 Å². The zero-order valence-corrected chi connectivity index (χ0v) is 13.4. The number of guanidine groups is 1. The van der Waals surface area contributed by atoms with Crippen LogP contribution in [0.3, 0.4) is 0 Å². The molecule has 1 fully saturated rings. The number of hydrogen-bond acceptors (Lipinski definition) is 2. The molecule has 0 aliphatic carbocycles. The van der Waals surface area contributed by atoms with E-state index in [1.165, 1.54) is 5.69 Å². The first-order valence-corrected chi connectivity index (χ1v) is 7.61. The van der Waals surface area contributed by atoms with Crippen LogP contribution in [0.5, 0.6) is 0 Å². The maximum Gasteiger partial charge on any atom is 0.191 e. The number of halogens is 1. The molecule has 1 aromatic rings. The van der Waals surface area contributed by atoms with Gasteiger partial charge in [0, 0.05) is 42.9 Å². The lowest BCUT2D eigenvalue weighted by atomic mass is 10.3. The Kier molecular flexibility index (Phi) is 5.47. The molecule has 0 amide bonds. The van der Waals surface area contributed by atoms with E-state index >= 15 is 0 Å². The standard InChI is InChI=1S/C15H21BrN4/c1-3-9-18-15(17-2)19-13-8-10-20(11-13)14-6-4-12(16)5-7-14/h3-7,13H,1,8-11H2,2H3,(H2,17,18,19). The molecule has 0 bridgehead atoms. The zero-order chi connectivity index (χ0) is 14.4. The maximum absolute atomic E-state index is 4.22. The highest BCUT2D eigenvalue weighted by Crippen LogP contribution is 2.22. The van der Waals surface area contributed by atoms with Crippen molar-refractivity contribution in [2.75, 3.05) is 31.6 Å². The van der Waals surface area contributed by atoms with E-state index in [4.69, 9.17) is 0 Å². The largest absolute Gasteiger partial charge is 0.369 e. The summed E-state index contributed by atoms with van der Waals surface area (Å²) in [6.45, 7) is 6.49. The van der Waals surface area contributed by atoms with Crippen LogP contribution in [0.4, 0.5) is 5.69 Å². The van der Waals surface area contributed by atoms with Crippen LogP contribution in [0, 0.1) is 0 Å². The van der Waals surface area contributed by atoms with E-state index in [-0.39, 0.29) is 0 Å². The third-order valence-electron chi connectivity index (χ3n) is 3.36. The van der Waals surface area contributed by atoms with Gasteiger partial charge in [-0.25, -0.2) is 0 Å². The van der Waals surface area contributed by atoms with Crippen molar-refractivity contribution in [1.29, 1.82) is 0 Å². The van der Waals surface area contributed by atoms with Crippen molar-refractivity contribution in [3.63, 3.8) is 0 Å². The zero-order valence-electron chi connectivity index (χ0n) is 11.8. The van der Waals surface area contributed by atoms with Crippen molar-refractivity contribution in [3.8, 4) is 0 Å². The summed E-state index contributed by atoms with van der Waals surface area (Å²) in [6, 6.07) is 8.89. The van der Waals surface area contributed by atoms with Gasteiger partial charge in [-0.1, -0.05) is 22.0 Å². The number of benzene rings is 1. The van der Waals surface area contributed by atoms with Gasteiger partial charge in [-0.2, -0.15) is 0 Å². The predicted octanol–water partition coefficient (Wildman–Crippen LogP) is 2.38. The van der Waals surface area contributed by atoms with Crippen LogP contribution < -0.4 is 15.5 Å². The first kappa shape index (κ1) is 14.9. The van der Waals surface area contributed by atoms with Crippen molar-refractivity contribution >= 4 is 27.6 Å². The van der Waals surface area contributed by atoms with E-state index in [1.807, 2.05) is 6.08 Å². The fourth-order valence-electron chi connectivity index (χ4n) is 2.32. The Morgan fingerprint density at radius 3 is 2.90 bits per heavy atom. The number of hydrogen-bond donors (Lipinski definition) is 2. The summed E-state index contributed by atoms with van der Waals surface area (Å²) in [7, 11) is 1.79. The van der Waals surface area contributed by atoms with Crippen molar-refractivity contribution in [3.05, 3.63) is 41.4 Å². The third kappa shape index (κ3) is 4.00. The second-order valence-corrected chi connectivity index (χ2v) is 5.71. The van der Waals surface area contributed by atoms with E-state index in [1.54, 1.807) is 7.05 Å². The van der Waals surface area contributed by atoms with Gasteiger partial charge in [-0.05, 0) is 30.7 Å². The summed E-state index contributed by atoms with van der Waals surface area (Å²) in [5, 5.41) is 6.66. The predicted molar refractivity (Wildman–Crippen MR) is 89.5 cm³/mol. The molecule has 5 heteroatoms. The van der Waals surface area contributed by atoms with Gasteiger partial charge < -0.3 is 15.5 Å². The smallest absolute Gasteiger partial charge is 0.191 e. The number of anilines is 1. The Morgan fingerprint density at radius 2 is 2.25 bits per heavy atom. The van der Waals surface area contributed by atoms with Gasteiger partial charge in [0.05, 0.1) is 0 Å². The highest BCUT2D eigenvalue weighted by Gasteiger charge is 2.23. The molecule has 0 spiro atoms. The van der Waals surface area contributed by atoms with Crippen molar-refractivity contribution in [2.45, 2.75) is 12.5 Å². The highest BCUT2D eigenvalue weighted by molar-refractivity contribution is 9.10. The van der Waals surface area contributed by atoms with Gasteiger partial charge in [0.2, 0.25) is 0 Å². The minimum absolute atomic E-state index is 0.426. The Bertz CT molecular complexity index is 469. The second kappa shape index (κ2) is 7.33. The SMILES string of the molecule is C=CCNC(=NC)NC1CCN(c2ccc(Br)cc2)C1. The number of rotatable bonds is 4. The van der Waals surface area contributed by atoms with E-state index in [9.17, 15) is 0 Å². The van der Waals surface area contributed by atoms with Gasteiger partial charge in [-0.3, -0.25) is 4.99 Å². The lowest BCUT2D eigenvalue weighted by Gasteiger charge is -2.20. The second-order valence-electron chi connectivity index (χ2n) is 4.79. The van der Waals surface area contributed by atoms with E-state index in [0.29, 0.717) is 6.04 Å². The molecule has 1 heterocycles. The Labute approximate surface area is 129 Å². The lowest BCUT2D eigenvalue weighted by Crippen LogP contribution is -2.44. The number of aliphatic imine (C=N–C) groups is 1. The molecule has 4 nitrogen and oxygen atoms in total. The van der Waals surface area contributed by atoms with Gasteiger partial charge >= 0.3 is 0 Å². The molecule has 2 N–H and O–H groups in total. The Balaban J connectivity index is 1.88. The van der Waals surface area contributed by atoms with Crippen molar-refractivity contribution < 1.29 is 0 Å². The maximum atomic E-state index is 4.22. The Morgan fingerprint density at radius 1 is 1.50 bits per heavy atom. The van der Waals surface area contributed by atoms with Gasteiger partial charge in [-0.15, -0.1) is 6.58 Å². The first-order chi connectivity index (χ1) is 9.72. The van der Waals surface area contributed by atoms with Crippen molar-refractivity contribution in [1.82, 2.24) is 10.6 Å². The lowest BCUT2D eigenvalue weighted by molar-refractivity contribution is 0.654. The van der Waals surface area contributed by atoms with E-state index in [0.717, 1.165) is 36.5 Å². The van der Waals surface area contributed by atoms with Crippen LogP contribution in [-0.4, -0.2) is 38.7 Å². The minimum atomic E-state index is 0.426. The van der Waals surface area contributed by atoms with Crippen LogP contribution in [0.2, 0.25) is 0 Å². The highest BCUT2D eigenvalue weighted by atomic mass is 79.9. The molecule has 20 heavy (non-hydrogen) atoms. The monoisotopic (exact) mass is 336 g/mol. The van der Waals surface area contributed by atoms with Gasteiger partial charge in [0.25, 0.3) is 0 Å². The van der Waals surface area contributed by atoms with Crippen molar-refractivity contribution in [2.24, 2.45) is 4.99 Å². The van der Waals surface area contributed by atoms with Crippen LogP contribution >= 0.6 is 15.9 Å². The van der Waals surface area contributed by atoms with Gasteiger partial charge in [0.1, 0.15) is 0 Å². The molecule has 1 unspecified atom stereocenters. The molecule has 1 aromatic carbocycles. The fraction of sp³-hybridized carbons (Fsp3) is 0.400. The van der Waals surface area contributed by atoms with Crippen LogP contribution in [0.25, 0.3) is 0 Å². The summed E-state index contributed by atoms with van der Waals surface area (Å²) in [5.41, 5.74) is 1.27. The van der Waals surface area contributed by atoms with Crippen LogP contribution in [-0.2, 0) is 0 Å². The summed E-state index contributed by atoms with van der Waals surface area (Å²) >= 11 is 3.47. The van der Waals surface area contributed by atoms with E-state index in [2.05, 4.69) is 67.3 Å². The van der Waals surface area contributed by atoms with Gasteiger partial charge in [0.15, 0.2) is 5.96 Å². The molecule has 0 radical (unpaired) electrons. The summed E-state index contributed by atoms with van der Waals surface area (Å²) < 4.78 is 1.11. The summed E-state index contributed by atoms with van der Waals surface area (Å²) in [6.07, 6.45) is 2.94. The fourth-order valence-corrected chi connectivity index (χ4v) is 2.59. The first-order valence-electron chi connectivity index (χ1n) is 6.81. The molecule has 0 aromatic heterocycles. The molecule has 1 atom stereocenters. The quantitative estimate of drug-likeness (QED) is 0.503.